The fourth-order valence-corrected chi connectivity index (χ4v) is 4.51. The Morgan fingerprint density at radius 3 is 2.45 bits per heavy atom. The van der Waals surface area contributed by atoms with Crippen LogP contribution < -0.4 is 4.90 Å². The molecule has 0 atom stereocenters. The second-order valence-electron chi connectivity index (χ2n) is 8.84. The van der Waals surface area contributed by atoms with Gasteiger partial charge in [0.15, 0.2) is 0 Å². The van der Waals surface area contributed by atoms with E-state index in [2.05, 4.69) is 0 Å². The third kappa shape index (κ3) is 5.00. The molecule has 4 rings (SSSR count). The molecule has 0 bridgehead atoms. The number of nitrogens with zero attached hydrogens (tertiary/aromatic N) is 4. The number of carbonyl (C=O) groups is 2. The Balaban J connectivity index is 1.66. The first-order valence-corrected chi connectivity index (χ1v) is 11.8. The molecule has 166 valence electrons. The maximum Gasteiger partial charge on any atom is 0.272 e. The molecule has 0 unspecified atom stereocenters. The van der Waals surface area contributed by atoms with Crippen molar-refractivity contribution < 1.29 is 9.59 Å². The van der Waals surface area contributed by atoms with Crippen LogP contribution in [0.3, 0.4) is 0 Å². The molecule has 1 fully saturated rings. The SMILES string of the molecule is CCn1nc(C2CC2)cc1C(=O)N1CCCCCCCN(C(C)=O)c2ccccc2C1. The van der Waals surface area contributed by atoms with Crippen molar-refractivity contribution in [3.63, 3.8) is 0 Å². The van der Waals surface area contributed by atoms with Gasteiger partial charge in [0.1, 0.15) is 5.69 Å². The van der Waals surface area contributed by atoms with Crippen LogP contribution in [0.2, 0.25) is 0 Å². The average molecular weight is 423 g/mol. The summed E-state index contributed by atoms with van der Waals surface area (Å²) in [6, 6.07) is 10.0. The van der Waals surface area contributed by atoms with Crippen molar-refractivity contribution >= 4 is 17.5 Å². The normalized spacial score (nSPS) is 18.1. The molecule has 2 amide bonds. The number of benzene rings is 1. The summed E-state index contributed by atoms with van der Waals surface area (Å²) in [6.07, 6.45) is 7.70. The average Bonchev–Trinajstić information content (AvgIpc) is 3.52. The molecule has 0 radical (unpaired) electrons. The molecule has 0 spiro atoms. The zero-order valence-electron chi connectivity index (χ0n) is 18.8. The van der Waals surface area contributed by atoms with Crippen LogP contribution in [-0.4, -0.2) is 39.6 Å². The van der Waals surface area contributed by atoms with E-state index < -0.39 is 0 Å². The molecule has 1 saturated carbocycles. The highest BCUT2D eigenvalue weighted by Gasteiger charge is 2.30. The van der Waals surface area contributed by atoms with Gasteiger partial charge in [-0.25, -0.2) is 0 Å². The summed E-state index contributed by atoms with van der Waals surface area (Å²) in [5.41, 5.74) is 3.70. The number of amides is 2. The Morgan fingerprint density at radius 1 is 1.03 bits per heavy atom. The van der Waals surface area contributed by atoms with Crippen LogP contribution in [0.5, 0.6) is 0 Å². The second kappa shape index (κ2) is 9.67. The minimum absolute atomic E-state index is 0.0440. The number of carbonyl (C=O) groups excluding carboxylic acids is 2. The summed E-state index contributed by atoms with van der Waals surface area (Å²) in [4.78, 5) is 29.9. The van der Waals surface area contributed by atoms with Crippen molar-refractivity contribution in [3.8, 4) is 0 Å². The zero-order chi connectivity index (χ0) is 21.8. The lowest BCUT2D eigenvalue weighted by Gasteiger charge is -2.29. The lowest BCUT2D eigenvalue weighted by molar-refractivity contribution is -0.116. The third-order valence-corrected chi connectivity index (χ3v) is 6.43. The summed E-state index contributed by atoms with van der Waals surface area (Å²) in [5, 5.41) is 4.71. The Hall–Kier alpha value is -2.63. The summed E-state index contributed by atoms with van der Waals surface area (Å²) in [6.45, 7) is 6.32. The van der Waals surface area contributed by atoms with Gasteiger partial charge < -0.3 is 9.80 Å². The number of aryl methyl sites for hydroxylation is 1. The van der Waals surface area contributed by atoms with Crippen LogP contribution in [0.25, 0.3) is 0 Å². The molecule has 1 aromatic heterocycles. The molecular formula is C25H34N4O2. The quantitative estimate of drug-likeness (QED) is 0.718. The molecule has 31 heavy (non-hydrogen) atoms. The minimum atomic E-state index is 0.0440. The lowest BCUT2D eigenvalue weighted by atomic mass is 10.1. The summed E-state index contributed by atoms with van der Waals surface area (Å²) < 4.78 is 1.86. The smallest absolute Gasteiger partial charge is 0.272 e. The molecule has 0 N–H and O–H groups in total. The fraction of sp³-hybridized carbons (Fsp3) is 0.560. The number of para-hydroxylation sites is 1. The van der Waals surface area contributed by atoms with Gasteiger partial charge in [-0.1, -0.05) is 37.5 Å². The van der Waals surface area contributed by atoms with Crippen LogP contribution in [0, 0.1) is 0 Å². The van der Waals surface area contributed by atoms with Gasteiger partial charge >= 0.3 is 0 Å². The maximum atomic E-state index is 13.7. The van der Waals surface area contributed by atoms with Crippen molar-refractivity contribution in [1.82, 2.24) is 14.7 Å². The van der Waals surface area contributed by atoms with Crippen LogP contribution >= 0.6 is 0 Å². The van der Waals surface area contributed by atoms with Crippen molar-refractivity contribution in [2.45, 2.75) is 77.8 Å². The summed E-state index contributed by atoms with van der Waals surface area (Å²) in [5.74, 6) is 0.624. The molecule has 6 heteroatoms. The van der Waals surface area contributed by atoms with Gasteiger partial charge in [-0.3, -0.25) is 14.3 Å². The molecule has 2 heterocycles. The van der Waals surface area contributed by atoms with E-state index in [0.29, 0.717) is 24.7 Å². The van der Waals surface area contributed by atoms with Gasteiger partial charge in [0.2, 0.25) is 5.91 Å². The minimum Gasteiger partial charge on any atom is -0.333 e. The highest BCUT2D eigenvalue weighted by molar-refractivity contribution is 5.94. The Morgan fingerprint density at radius 2 is 1.74 bits per heavy atom. The Bertz CT molecular complexity index is 931. The first kappa shape index (κ1) is 21.6. The number of anilines is 1. The van der Waals surface area contributed by atoms with E-state index in [1.807, 2.05) is 51.7 Å². The van der Waals surface area contributed by atoms with Crippen molar-refractivity contribution in [2.75, 3.05) is 18.0 Å². The van der Waals surface area contributed by atoms with Crippen LogP contribution in [0.1, 0.15) is 86.5 Å². The van der Waals surface area contributed by atoms with Gasteiger partial charge in [0.05, 0.1) is 5.69 Å². The predicted octanol–water partition coefficient (Wildman–Crippen LogP) is 4.74. The first-order chi connectivity index (χ1) is 15.1. The lowest BCUT2D eigenvalue weighted by Crippen LogP contribution is -2.35. The Kier molecular flexibility index (Phi) is 6.73. The molecule has 2 aromatic rings. The monoisotopic (exact) mass is 422 g/mol. The zero-order valence-corrected chi connectivity index (χ0v) is 18.8. The van der Waals surface area contributed by atoms with Gasteiger partial charge in [-0.15, -0.1) is 0 Å². The van der Waals surface area contributed by atoms with E-state index in [9.17, 15) is 9.59 Å². The summed E-state index contributed by atoms with van der Waals surface area (Å²) >= 11 is 0. The fourth-order valence-electron chi connectivity index (χ4n) is 4.51. The number of hydrogen-bond donors (Lipinski definition) is 0. The number of aromatic nitrogens is 2. The molecule has 1 aliphatic carbocycles. The molecular weight excluding hydrogens is 388 g/mol. The van der Waals surface area contributed by atoms with Gasteiger partial charge in [-0.2, -0.15) is 5.10 Å². The van der Waals surface area contributed by atoms with Crippen molar-refractivity contribution in [3.05, 3.63) is 47.3 Å². The number of rotatable bonds is 3. The van der Waals surface area contributed by atoms with E-state index in [1.54, 1.807) is 6.92 Å². The first-order valence-electron chi connectivity index (χ1n) is 11.8. The maximum absolute atomic E-state index is 13.7. The Labute approximate surface area is 185 Å². The van der Waals surface area contributed by atoms with Crippen LogP contribution in [0.4, 0.5) is 5.69 Å². The van der Waals surface area contributed by atoms with Crippen molar-refractivity contribution in [2.24, 2.45) is 0 Å². The third-order valence-electron chi connectivity index (χ3n) is 6.43. The molecule has 1 aromatic carbocycles. The van der Waals surface area contributed by atoms with Gasteiger partial charge in [-0.05, 0) is 50.3 Å². The van der Waals surface area contributed by atoms with E-state index in [0.717, 1.165) is 62.1 Å². The highest BCUT2D eigenvalue weighted by Crippen LogP contribution is 2.39. The standard InChI is InChI=1S/C25H34N4O2/c1-3-29-24(17-22(26-29)20-13-14-20)25(31)27-15-9-5-4-6-10-16-28(19(2)30)23-12-8-7-11-21(23)18-27/h7-8,11-12,17,20H,3-6,9-10,13-16,18H2,1-2H3. The summed E-state index contributed by atoms with van der Waals surface area (Å²) in [7, 11) is 0. The highest BCUT2D eigenvalue weighted by atomic mass is 16.2. The van der Waals surface area contributed by atoms with Crippen LogP contribution in [-0.2, 0) is 17.9 Å². The van der Waals surface area contributed by atoms with Crippen LogP contribution in [0.15, 0.2) is 30.3 Å². The van der Waals surface area contributed by atoms with Gasteiger partial charge in [0.25, 0.3) is 5.91 Å². The molecule has 0 saturated heterocycles. The predicted molar refractivity (Wildman–Crippen MR) is 122 cm³/mol. The molecule has 2 aliphatic rings. The van der Waals surface area contributed by atoms with Crippen molar-refractivity contribution in [1.29, 1.82) is 0 Å². The largest absolute Gasteiger partial charge is 0.333 e. The van der Waals surface area contributed by atoms with Gasteiger partial charge in [0, 0.05) is 44.7 Å². The van der Waals surface area contributed by atoms with E-state index in [-0.39, 0.29) is 11.8 Å². The number of fused-ring (bicyclic) bond motifs is 1. The topological polar surface area (TPSA) is 58.4 Å². The van der Waals surface area contributed by atoms with E-state index in [1.165, 1.54) is 12.8 Å². The van der Waals surface area contributed by atoms with E-state index in [4.69, 9.17) is 5.10 Å². The molecule has 6 nitrogen and oxygen atoms in total. The molecule has 1 aliphatic heterocycles. The van der Waals surface area contributed by atoms with E-state index >= 15 is 0 Å². The second-order valence-corrected chi connectivity index (χ2v) is 8.84. The number of hydrogen-bond acceptors (Lipinski definition) is 3.